The molecule has 0 aromatic heterocycles. The van der Waals surface area contributed by atoms with Gasteiger partial charge in [-0.15, -0.1) is 0 Å². The molecule has 166 valence electrons. The van der Waals surface area contributed by atoms with Crippen LogP contribution < -0.4 is 15.5 Å². The molecule has 6 nitrogen and oxygen atoms in total. The first-order valence-electron chi connectivity index (χ1n) is 11.5. The Labute approximate surface area is 186 Å². The molecule has 31 heavy (non-hydrogen) atoms. The van der Waals surface area contributed by atoms with Crippen LogP contribution in [0.2, 0.25) is 0 Å². The van der Waals surface area contributed by atoms with Gasteiger partial charge in [-0.1, -0.05) is 42.5 Å². The van der Waals surface area contributed by atoms with Crippen LogP contribution in [0.4, 0.5) is 5.69 Å². The highest BCUT2D eigenvalue weighted by molar-refractivity contribution is 5.80. The highest BCUT2D eigenvalue weighted by atomic mass is 16.3. The van der Waals surface area contributed by atoms with Gasteiger partial charge in [0.2, 0.25) is 0 Å². The summed E-state index contributed by atoms with van der Waals surface area (Å²) < 4.78 is 0. The molecule has 0 saturated carbocycles. The van der Waals surface area contributed by atoms with Crippen LogP contribution in [-0.4, -0.2) is 67.4 Å². The molecule has 2 aliphatic rings. The molecular formula is C25H35N5O. The second kappa shape index (κ2) is 10.6. The van der Waals surface area contributed by atoms with Gasteiger partial charge in [0.25, 0.3) is 0 Å². The molecule has 2 aromatic rings. The molecule has 2 atom stereocenters. The number of aliphatic imine (C=N–C) groups is 1. The van der Waals surface area contributed by atoms with Gasteiger partial charge >= 0.3 is 0 Å². The number of anilines is 1. The minimum Gasteiger partial charge on any atom is -0.390 e. The number of para-hydroxylation sites is 1. The first kappa shape index (κ1) is 21.7. The molecular weight excluding hydrogens is 386 g/mol. The molecule has 3 N–H and O–H groups in total. The maximum Gasteiger partial charge on any atom is 0.191 e. The molecule has 0 spiro atoms. The van der Waals surface area contributed by atoms with Crippen molar-refractivity contribution in [2.45, 2.75) is 38.5 Å². The maximum absolute atomic E-state index is 10.6. The Morgan fingerprint density at radius 2 is 1.87 bits per heavy atom. The van der Waals surface area contributed by atoms with Crippen molar-refractivity contribution >= 4 is 11.6 Å². The summed E-state index contributed by atoms with van der Waals surface area (Å²) in [5.74, 6) is 0.797. The van der Waals surface area contributed by atoms with Crippen molar-refractivity contribution in [2.24, 2.45) is 4.99 Å². The van der Waals surface area contributed by atoms with Crippen molar-refractivity contribution in [3.8, 4) is 0 Å². The van der Waals surface area contributed by atoms with E-state index in [-0.39, 0.29) is 0 Å². The lowest BCUT2D eigenvalue weighted by molar-refractivity contribution is 0.111. The summed E-state index contributed by atoms with van der Waals surface area (Å²) in [6.07, 6.45) is 1.66. The van der Waals surface area contributed by atoms with E-state index in [0.717, 1.165) is 51.5 Å². The summed E-state index contributed by atoms with van der Waals surface area (Å²) in [6.45, 7) is 7.85. The van der Waals surface area contributed by atoms with Crippen LogP contribution in [0.15, 0.2) is 59.6 Å². The Bertz CT molecular complexity index is 856. The van der Waals surface area contributed by atoms with Gasteiger partial charge < -0.3 is 20.6 Å². The van der Waals surface area contributed by atoms with Crippen LogP contribution in [0.25, 0.3) is 0 Å². The van der Waals surface area contributed by atoms with Crippen molar-refractivity contribution < 1.29 is 5.11 Å². The topological polar surface area (TPSA) is 63.1 Å². The van der Waals surface area contributed by atoms with Crippen LogP contribution in [0.3, 0.4) is 0 Å². The molecule has 1 fully saturated rings. The summed E-state index contributed by atoms with van der Waals surface area (Å²) in [6, 6.07) is 19.5. The van der Waals surface area contributed by atoms with Crippen LogP contribution in [0, 0.1) is 0 Å². The third-order valence-electron chi connectivity index (χ3n) is 6.13. The molecule has 0 amide bonds. The molecule has 6 heteroatoms. The average Bonchev–Trinajstić information content (AvgIpc) is 3.27. The average molecular weight is 422 g/mol. The number of benzene rings is 2. The largest absolute Gasteiger partial charge is 0.390 e. The summed E-state index contributed by atoms with van der Waals surface area (Å²) >= 11 is 0. The number of hydrogen-bond acceptors (Lipinski definition) is 4. The van der Waals surface area contributed by atoms with Crippen molar-refractivity contribution in [1.29, 1.82) is 0 Å². The number of rotatable bonds is 7. The smallest absolute Gasteiger partial charge is 0.191 e. The molecule has 2 unspecified atom stereocenters. The number of β-amino-alcohol motifs (C(OH)–C–C–N with tert-alkyl or cyclic N) is 1. The van der Waals surface area contributed by atoms with E-state index >= 15 is 0 Å². The zero-order chi connectivity index (χ0) is 21.5. The van der Waals surface area contributed by atoms with Gasteiger partial charge in [0.1, 0.15) is 0 Å². The fraction of sp³-hybridized carbons (Fsp3) is 0.480. The third-order valence-corrected chi connectivity index (χ3v) is 6.13. The van der Waals surface area contributed by atoms with E-state index in [4.69, 9.17) is 0 Å². The van der Waals surface area contributed by atoms with E-state index < -0.39 is 6.10 Å². The van der Waals surface area contributed by atoms with E-state index in [0.29, 0.717) is 19.1 Å². The summed E-state index contributed by atoms with van der Waals surface area (Å²) in [5, 5.41) is 17.5. The lowest BCUT2D eigenvalue weighted by Gasteiger charge is -2.30. The van der Waals surface area contributed by atoms with Gasteiger partial charge in [-0.3, -0.25) is 9.89 Å². The van der Waals surface area contributed by atoms with Crippen LogP contribution in [-0.2, 0) is 13.0 Å². The van der Waals surface area contributed by atoms with E-state index in [2.05, 4.69) is 86.9 Å². The zero-order valence-electron chi connectivity index (χ0n) is 18.5. The van der Waals surface area contributed by atoms with Crippen LogP contribution in [0.5, 0.6) is 0 Å². The van der Waals surface area contributed by atoms with Crippen molar-refractivity contribution in [2.75, 3.05) is 44.2 Å². The predicted molar refractivity (Wildman–Crippen MR) is 128 cm³/mol. The number of fused-ring (bicyclic) bond motifs is 1. The van der Waals surface area contributed by atoms with Crippen molar-refractivity contribution in [3.63, 3.8) is 0 Å². The second-order valence-corrected chi connectivity index (χ2v) is 8.54. The molecule has 1 saturated heterocycles. The SMILES string of the molecule is CCNC(=NCC(O)CN1CCc2ccccc2C1)NC1CCN(c2ccccc2)C1. The molecule has 4 rings (SSSR count). The van der Waals surface area contributed by atoms with Gasteiger partial charge in [-0.25, -0.2) is 0 Å². The first-order chi connectivity index (χ1) is 15.2. The van der Waals surface area contributed by atoms with Gasteiger partial charge in [-0.05, 0) is 43.0 Å². The highest BCUT2D eigenvalue weighted by Gasteiger charge is 2.23. The Balaban J connectivity index is 1.27. The maximum atomic E-state index is 10.6. The van der Waals surface area contributed by atoms with Gasteiger partial charge in [-0.2, -0.15) is 0 Å². The number of nitrogens with one attached hydrogen (secondary N) is 2. The van der Waals surface area contributed by atoms with E-state index in [1.165, 1.54) is 16.8 Å². The number of aliphatic hydroxyl groups excluding tert-OH is 1. The van der Waals surface area contributed by atoms with E-state index in [9.17, 15) is 5.11 Å². The third kappa shape index (κ3) is 5.99. The Kier molecular flexibility index (Phi) is 7.43. The molecule has 0 bridgehead atoms. The Morgan fingerprint density at radius 3 is 2.68 bits per heavy atom. The van der Waals surface area contributed by atoms with Crippen LogP contribution in [0.1, 0.15) is 24.5 Å². The minimum absolute atomic E-state index is 0.355. The molecule has 2 aromatic carbocycles. The second-order valence-electron chi connectivity index (χ2n) is 8.54. The first-order valence-corrected chi connectivity index (χ1v) is 11.5. The lowest BCUT2D eigenvalue weighted by Crippen LogP contribution is -2.45. The van der Waals surface area contributed by atoms with Crippen LogP contribution >= 0.6 is 0 Å². The monoisotopic (exact) mass is 421 g/mol. The number of nitrogens with zero attached hydrogens (tertiary/aromatic N) is 3. The number of aliphatic hydroxyl groups is 1. The predicted octanol–water partition coefficient (Wildman–Crippen LogP) is 2.24. The normalized spacial score (nSPS) is 20.4. The molecule has 0 aliphatic carbocycles. The zero-order valence-corrected chi connectivity index (χ0v) is 18.5. The highest BCUT2D eigenvalue weighted by Crippen LogP contribution is 2.20. The van der Waals surface area contributed by atoms with Gasteiger partial charge in [0, 0.05) is 51.0 Å². The lowest BCUT2D eigenvalue weighted by atomic mass is 10.00. The summed E-state index contributed by atoms with van der Waals surface area (Å²) in [7, 11) is 0. The number of guanidine groups is 1. The molecule has 0 radical (unpaired) electrons. The standard InChI is InChI=1S/C25H35N5O/c1-2-26-25(28-22-13-15-30(18-22)23-10-4-3-5-11-23)27-16-24(31)19-29-14-12-20-8-6-7-9-21(20)17-29/h3-11,22,24,31H,2,12-19H2,1H3,(H2,26,27,28). The van der Waals surface area contributed by atoms with Crippen molar-refractivity contribution in [3.05, 3.63) is 65.7 Å². The summed E-state index contributed by atoms with van der Waals surface area (Å²) in [5.41, 5.74) is 4.09. The Morgan fingerprint density at radius 1 is 1.10 bits per heavy atom. The fourth-order valence-electron chi connectivity index (χ4n) is 4.53. The van der Waals surface area contributed by atoms with Gasteiger partial charge in [0.15, 0.2) is 5.96 Å². The van der Waals surface area contributed by atoms with Gasteiger partial charge in [0.05, 0.1) is 12.6 Å². The van der Waals surface area contributed by atoms with Crippen molar-refractivity contribution in [1.82, 2.24) is 15.5 Å². The molecule has 2 heterocycles. The number of hydrogen-bond donors (Lipinski definition) is 3. The summed E-state index contributed by atoms with van der Waals surface area (Å²) in [4.78, 5) is 9.42. The quantitative estimate of drug-likeness (QED) is 0.473. The minimum atomic E-state index is -0.467. The Hall–Kier alpha value is -2.57. The molecule has 2 aliphatic heterocycles. The van der Waals surface area contributed by atoms with E-state index in [1.54, 1.807) is 0 Å². The van der Waals surface area contributed by atoms with E-state index in [1.807, 2.05) is 0 Å². The fourth-order valence-corrected chi connectivity index (χ4v) is 4.53.